The number of carbonyl (C=O) groups excluding carboxylic acids is 1. The van der Waals surface area contributed by atoms with Gasteiger partial charge in [-0.1, -0.05) is 19.1 Å². The SMILES string of the molecule is Cc1cccc(OCC(=O)NCC(c2ccc(C)o2)N2CCC(C)CC2)c1. The lowest BCUT2D eigenvalue weighted by atomic mass is 9.97. The Bertz CT molecular complexity index is 748. The molecule has 1 fully saturated rings. The second kappa shape index (κ2) is 9.09. The van der Waals surface area contributed by atoms with Gasteiger partial charge in [0.15, 0.2) is 6.61 Å². The quantitative estimate of drug-likeness (QED) is 0.804. The van der Waals surface area contributed by atoms with Crippen molar-refractivity contribution in [3.63, 3.8) is 0 Å². The summed E-state index contributed by atoms with van der Waals surface area (Å²) in [5.41, 5.74) is 1.11. The number of rotatable bonds is 7. The molecule has 2 aromatic rings. The summed E-state index contributed by atoms with van der Waals surface area (Å²) in [5, 5.41) is 3.02. The molecule has 5 heteroatoms. The fraction of sp³-hybridized carbons (Fsp3) is 0.500. The van der Waals surface area contributed by atoms with E-state index in [0.29, 0.717) is 12.3 Å². The minimum atomic E-state index is -0.116. The van der Waals surface area contributed by atoms with Crippen LogP contribution in [-0.2, 0) is 4.79 Å². The number of carbonyl (C=O) groups is 1. The van der Waals surface area contributed by atoms with E-state index in [2.05, 4.69) is 17.1 Å². The van der Waals surface area contributed by atoms with E-state index in [-0.39, 0.29) is 18.6 Å². The maximum Gasteiger partial charge on any atom is 0.258 e. The number of ether oxygens (including phenoxy) is 1. The minimum absolute atomic E-state index is 0.0182. The lowest BCUT2D eigenvalue weighted by molar-refractivity contribution is -0.123. The van der Waals surface area contributed by atoms with Crippen molar-refractivity contribution in [3.05, 3.63) is 53.5 Å². The van der Waals surface area contributed by atoms with Crippen molar-refractivity contribution in [1.29, 1.82) is 0 Å². The Balaban J connectivity index is 1.56. The average molecular weight is 370 g/mol. The summed E-state index contributed by atoms with van der Waals surface area (Å²) >= 11 is 0. The molecule has 1 aliphatic rings. The van der Waals surface area contributed by atoms with Crippen molar-refractivity contribution in [2.75, 3.05) is 26.2 Å². The Kier molecular flexibility index (Phi) is 6.56. The first-order chi connectivity index (χ1) is 13.0. The second-order valence-electron chi connectivity index (χ2n) is 7.59. The van der Waals surface area contributed by atoms with Crippen LogP contribution < -0.4 is 10.1 Å². The van der Waals surface area contributed by atoms with Gasteiger partial charge in [0.05, 0.1) is 6.04 Å². The minimum Gasteiger partial charge on any atom is -0.484 e. The Hall–Kier alpha value is -2.27. The molecule has 1 unspecified atom stereocenters. The number of likely N-dealkylation sites (tertiary alicyclic amines) is 1. The molecule has 0 radical (unpaired) electrons. The highest BCUT2D eigenvalue weighted by Gasteiger charge is 2.27. The van der Waals surface area contributed by atoms with Crippen LogP contribution in [-0.4, -0.2) is 37.0 Å². The van der Waals surface area contributed by atoms with Crippen LogP contribution in [0.2, 0.25) is 0 Å². The molecule has 1 amide bonds. The summed E-state index contributed by atoms with van der Waals surface area (Å²) in [6.45, 7) is 8.85. The smallest absolute Gasteiger partial charge is 0.258 e. The maximum absolute atomic E-state index is 12.3. The van der Waals surface area contributed by atoms with Crippen LogP contribution in [0.1, 0.15) is 42.9 Å². The molecule has 0 bridgehead atoms. The fourth-order valence-electron chi connectivity index (χ4n) is 3.50. The van der Waals surface area contributed by atoms with E-state index in [1.807, 2.05) is 50.2 Å². The monoisotopic (exact) mass is 370 g/mol. The Labute approximate surface area is 161 Å². The third kappa shape index (κ3) is 5.60. The number of benzene rings is 1. The number of aryl methyl sites for hydroxylation is 2. The second-order valence-corrected chi connectivity index (χ2v) is 7.59. The lowest BCUT2D eigenvalue weighted by Crippen LogP contribution is -2.42. The maximum atomic E-state index is 12.3. The predicted octanol–water partition coefficient (Wildman–Crippen LogP) is 3.86. The van der Waals surface area contributed by atoms with Crippen molar-refractivity contribution in [2.24, 2.45) is 5.92 Å². The van der Waals surface area contributed by atoms with Crippen LogP contribution in [0.15, 0.2) is 40.8 Å². The first-order valence-corrected chi connectivity index (χ1v) is 9.78. The van der Waals surface area contributed by atoms with Crippen molar-refractivity contribution in [3.8, 4) is 5.75 Å². The van der Waals surface area contributed by atoms with Gasteiger partial charge in [0, 0.05) is 6.54 Å². The van der Waals surface area contributed by atoms with E-state index in [4.69, 9.17) is 9.15 Å². The highest BCUT2D eigenvalue weighted by Crippen LogP contribution is 2.27. The van der Waals surface area contributed by atoms with Crippen molar-refractivity contribution in [1.82, 2.24) is 10.2 Å². The summed E-state index contributed by atoms with van der Waals surface area (Å²) in [5.74, 6) is 3.18. The molecular weight excluding hydrogens is 340 g/mol. The number of hydrogen-bond acceptors (Lipinski definition) is 4. The molecule has 1 N–H and O–H groups in total. The Morgan fingerprint density at radius 3 is 2.70 bits per heavy atom. The highest BCUT2D eigenvalue weighted by atomic mass is 16.5. The van der Waals surface area contributed by atoms with Gasteiger partial charge in [0.2, 0.25) is 0 Å². The third-order valence-corrected chi connectivity index (χ3v) is 5.20. The van der Waals surface area contributed by atoms with E-state index in [1.54, 1.807) is 0 Å². The van der Waals surface area contributed by atoms with Crippen LogP contribution in [0, 0.1) is 19.8 Å². The predicted molar refractivity (Wildman–Crippen MR) is 106 cm³/mol. The van der Waals surface area contributed by atoms with Crippen LogP contribution in [0.4, 0.5) is 0 Å². The highest BCUT2D eigenvalue weighted by molar-refractivity contribution is 5.77. The number of furan rings is 1. The Morgan fingerprint density at radius 1 is 1.26 bits per heavy atom. The largest absolute Gasteiger partial charge is 0.484 e. The van der Waals surface area contributed by atoms with Crippen molar-refractivity contribution >= 4 is 5.91 Å². The van der Waals surface area contributed by atoms with E-state index >= 15 is 0 Å². The van der Waals surface area contributed by atoms with Crippen LogP contribution >= 0.6 is 0 Å². The molecule has 0 spiro atoms. The van der Waals surface area contributed by atoms with Crippen LogP contribution in [0.3, 0.4) is 0 Å². The molecule has 1 aromatic heterocycles. The first kappa shape index (κ1) is 19.5. The van der Waals surface area contributed by atoms with Gasteiger partial charge in [-0.05, 0) is 75.5 Å². The molecule has 0 aliphatic carbocycles. The summed E-state index contributed by atoms with van der Waals surface area (Å²) in [7, 11) is 0. The van der Waals surface area contributed by atoms with Gasteiger partial charge >= 0.3 is 0 Å². The van der Waals surface area contributed by atoms with Crippen molar-refractivity contribution in [2.45, 2.75) is 39.7 Å². The van der Waals surface area contributed by atoms with Crippen molar-refractivity contribution < 1.29 is 13.9 Å². The van der Waals surface area contributed by atoms with E-state index in [0.717, 1.165) is 36.1 Å². The van der Waals surface area contributed by atoms with Gasteiger partial charge in [-0.25, -0.2) is 0 Å². The fourth-order valence-corrected chi connectivity index (χ4v) is 3.50. The molecule has 2 heterocycles. The van der Waals surface area contributed by atoms with Crippen LogP contribution in [0.25, 0.3) is 0 Å². The van der Waals surface area contributed by atoms with E-state index in [1.165, 1.54) is 12.8 Å². The number of piperidine rings is 1. The van der Waals surface area contributed by atoms with E-state index < -0.39 is 0 Å². The first-order valence-electron chi connectivity index (χ1n) is 9.78. The molecule has 1 saturated heterocycles. The lowest BCUT2D eigenvalue weighted by Gasteiger charge is -2.35. The molecule has 27 heavy (non-hydrogen) atoms. The zero-order valence-electron chi connectivity index (χ0n) is 16.5. The summed E-state index contributed by atoms with van der Waals surface area (Å²) in [4.78, 5) is 14.7. The Morgan fingerprint density at radius 2 is 2.04 bits per heavy atom. The topological polar surface area (TPSA) is 54.7 Å². The number of amides is 1. The normalized spacial score (nSPS) is 16.9. The molecule has 3 rings (SSSR count). The van der Waals surface area contributed by atoms with Gasteiger partial charge in [-0.3, -0.25) is 9.69 Å². The van der Waals surface area contributed by atoms with Crippen LogP contribution in [0.5, 0.6) is 5.75 Å². The zero-order chi connectivity index (χ0) is 19.2. The molecule has 0 saturated carbocycles. The van der Waals surface area contributed by atoms with Gasteiger partial charge < -0.3 is 14.5 Å². The van der Waals surface area contributed by atoms with Gasteiger partial charge in [0.25, 0.3) is 5.91 Å². The molecule has 1 aliphatic heterocycles. The number of nitrogens with zero attached hydrogens (tertiary/aromatic N) is 1. The molecule has 146 valence electrons. The standard InChI is InChI=1S/C22H30N2O3/c1-16-9-11-24(12-10-16)20(21-8-7-18(3)27-21)14-23-22(25)15-26-19-6-4-5-17(2)13-19/h4-8,13,16,20H,9-12,14-15H2,1-3H3,(H,23,25). The number of nitrogens with one attached hydrogen (secondary N) is 1. The molecule has 1 atom stereocenters. The zero-order valence-corrected chi connectivity index (χ0v) is 16.5. The molecule has 5 nitrogen and oxygen atoms in total. The summed E-state index contributed by atoms with van der Waals surface area (Å²) in [6.07, 6.45) is 2.36. The summed E-state index contributed by atoms with van der Waals surface area (Å²) in [6, 6.07) is 11.8. The third-order valence-electron chi connectivity index (χ3n) is 5.20. The molecular formula is C22H30N2O3. The average Bonchev–Trinajstić information content (AvgIpc) is 3.08. The molecule has 1 aromatic carbocycles. The van der Waals surface area contributed by atoms with Gasteiger partial charge in [-0.15, -0.1) is 0 Å². The number of hydrogen-bond donors (Lipinski definition) is 1. The van der Waals surface area contributed by atoms with E-state index in [9.17, 15) is 4.79 Å². The van der Waals surface area contributed by atoms with Gasteiger partial charge in [0.1, 0.15) is 17.3 Å². The summed E-state index contributed by atoms with van der Waals surface area (Å²) < 4.78 is 11.5. The van der Waals surface area contributed by atoms with Gasteiger partial charge in [-0.2, -0.15) is 0 Å².